The number of amides is 2. The van der Waals surface area contributed by atoms with Gasteiger partial charge in [-0.2, -0.15) is 0 Å². The minimum atomic E-state index is -0.0666. The van der Waals surface area contributed by atoms with E-state index in [0.29, 0.717) is 18.0 Å². The zero-order valence-electron chi connectivity index (χ0n) is 14.3. The molecule has 1 atom stereocenters. The molecule has 1 aliphatic rings. The summed E-state index contributed by atoms with van der Waals surface area (Å²) in [6.07, 6.45) is 3.24. The van der Waals surface area contributed by atoms with E-state index in [1.807, 2.05) is 19.1 Å². The van der Waals surface area contributed by atoms with Crippen molar-refractivity contribution in [2.75, 3.05) is 31.7 Å². The first-order valence-corrected chi connectivity index (χ1v) is 8.75. The van der Waals surface area contributed by atoms with Crippen molar-refractivity contribution in [2.24, 2.45) is 0 Å². The third-order valence-electron chi connectivity index (χ3n) is 4.26. The van der Waals surface area contributed by atoms with Crippen molar-refractivity contribution in [3.05, 3.63) is 29.3 Å². The predicted octanol–water partition coefficient (Wildman–Crippen LogP) is 3.11. The molecule has 5 nitrogen and oxygen atoms in total. The van der Waals surface area contributed by atoms with E-state index in [-0.39, 0.29) is 24.4 Å². The number of carbonyl (C=O) groups is 2. The third-order valence-corrected chi connectivity index (χ3v) is 4.50. The smallest absolute Gasteiger partial charge is 0.246 e. The highest BCUT2D eigenvalue weighted by Gasteiger charge is 2.32. The van der Waals surface area contributed by atoms with Crippen LogP contribution in [0.15, 0.2) is 24.3 Å². The summed E-state index contributed by atoms with van der Waals surface area (Å²) in [4.78, 5) is 28.2. The van der Waals surface area contributed by atoms with Gasteiger partial charge in [0.15, 0.2) is 0 Å². The molecule has 0 radical (unpaired) electrons. The summed E-state index contributed by atoms with van der Waals surface area (Å²) in [7, 11) is 1.68. The quantitative estimate of drug-likeness (QED) is 0.708. The molecular formula is C18H25ClN2O3. The summed E-state index contributed by atoms with van der Waals surface area (Å²) in [6.45, 7) is 3.33. The summed E-state index contributed by atoms with van der Waals surface area (Å²) in [5.74, 6) is -0.0119. The Balaban J connectivity index is 1.90. The van der Waals surface area contributed by atoms with Gasteiger partial charge in [0.2, 0.25) is 11.8 Å². The lowest BCUT2D eigenvalue weighted by molar-refractivity contribution is -0.139. The summed E-state index contributed by atoms with van der Waals surface area (Å²) >= 11 is 6.01. The van der Waals surface area contributed by atoms with Gasteiger partial charge in [0.25, 0.3) is 0 Å². The van der Waals surface area contributed by atoms with Gasteiger partial charge in [0.1, 0.15) is 6.54 Å². The Hall–Kier alpha value is -1.59. The van der Waals surface area contributed by atoms with Crippen molar-refractivity contribution in [2.45, 2.75) is 38.6 Å². The molecule has 24 heavy (non-hydrogen) atoms. The van der Waals surface area contributed by atoms with Crippen molar-refractivity contribution in [1.29, 1.82) is 0 Å². The van der Waals surface area contributed by atoms with E-state index in [4.69, 9.17) is 16.3 Å². The van der Waals surface area contributed by atoms with Crippen LogP contribution < -0.4 is 4.90 Å². The van der Waals surface area contributed by atoms with Crippen LogP contribution in [-0.4, -0.2) is 49.6 Å². The number of carbonyl (C=O) groups excluding carboxylic acids is 2. The Kier molecular flexibility index (Phi) is 7.06. The number of methoxy groups -OCH3 is 1. The molecule has 1 heterocycles. The number of ether oxygens (including phenoxy) is 1. The average Bonchev–Trinajstić information content (AvgIpc) is 2.56. The van der Waals surface area contributed by atoms with E-state index in [1.54, 1.807) is 29.0 Å². The van der Waals surface area contributed by atoms with Crippen molar-refractivity contribution in [1.82, 2.24) is 4.90 Å². The van der Waals surface area contributed by atoms with Gasteiger partial charge in [-0.15, -0.1) is 0 Å². The topological polar surface area (TPSA) is 49.9 Å². The van der Waals surface area contributed by atoms with Gasteiger partial charge in [-0.05, 0) is 38.0 Å². The van der Waals surface area contributed by atoms with Gasteiger partial charge in [-0.1, -0.05) is 24.1 Å². The maximum Gasteiger partial charge on any atom is 0.246 e. The van der Waals surface area contributed by atoms with Crippen LogP contribution >= 0.6 is 11.6 Å². The van der Waals surface area contributed by atoms with Crippen molar-refractivity contribution < 1.29 is 14.3 Å². The molecular weight excluding hydrogens is 328 g/mol. The SMILES string of the molecule is COCCCCCC(=O)N1CC(=O)N(c2cccc(Cl)c2)CC1C. The zero-order valence-corrected chi connectivity index (χ0v) is 15.1. The van der Waals surface area contributed by atoms with E-state index in [1.165, 1.54) is 0 Å². The minimum absolute atomic E-state index is 0.00634. The standard InChI is InChI=1S/C18H25ClN2O3/c1-14-12-21(16-8-6-7-15(19)11-16)18(23)13-20(14)17(22)9-4-3-5-10-24-2/h6-8,11,14H,3-5,9-10,12-13H2,1-2H3. The average molecular weight is 353 g/mol. The molecule has 0 aliphatic carbocycles. The van der Waals surface area contributed by atoms with Crippen LogP contribution in [0.5, 0.6) is 0 Å². The fraction of sp³-hybridized carbons (Fsp3) is 0.556. The molecule has 0 spiro atoms. The second-order valence-corrected chi connectivity index (χ2v) is 6.59. The van der Waals surface area contributed by atoms with Crippen molar-refractivity contribution >= 4 is 29.1 Å². The Bertz CT molecular complexity index is 579. The molecule has 1 aliphatic heterocycles. The molecule has 1 saturated heterocycles. The van der Waals surface area contributed by atoms with E-state index in [9.17, 15) is 9.59 Å². The molecule has 2 rings (SSSR count). The van der Waals surface area contributed by atoms with Crippen LogP contribution in [0.3, 0.4) is 0 Å². The predicted molar refractivity (Wildman–Crippen MR) is 95.3 cm³/mol. The second kappa shape index (κ2) is 9.04. The first-order chi connectivity index (χ1) is 11.5. The van der Waals surface area contributed by atoms with Crippen LogP contribution in [0.2, 0.25) is 5.02 Å². The van der Waals surface area contributed by atoms with Gasteiger partial charge in [-0.3, -0.25) is 9.59 Å². The van der Waals surface area contributed by atoms with E-state index in [2.05, 4.69) is 0 Å². The van der Waals surface area contributed by atoms with Crippen molar-refractivity contribution in [3.63, 3.8) is 0 Å². The number of anilines is 1. The minimum Gasteiger partial charge on any atom is -0.385 e. The Labute approximate surface area is 148 Å². The van der Waals surface area contributed by atoms with Crippen LogP contribution in [0.4, 0.5) is 5.69 Å². The number of piperazine rings is 1. The maximum atomic E-state index is 12.5. The highest BCUT2D eigenvalue weighted by Crippen LogP contribution is 2.23. The third kappa shape index (κ3) is 4.95. The van der Waals surface area contributed by atoms with Crippen LogP contribution in [-0.2, 0) is 14.3 Å². The number of nitrogens with zero attached hydrogens (tertiary/aromatic N) is 2. The lowest BCUT2D eigenvalue weighted by Crippen LogP contribution is -2.57. The lowest BCUT2D eigenvalue weighted by atomic mass is 10.1. The molecule has 2 amide bonds. The van der Waals surface area contributed by atoms with Gasteiger partial charge in [0, 0.05) is 43.4 Å². The Morgan fingerprint density at radius 3 is 2.83 bits per heavy atom. The first kappa shape index (κ1) is 18.7. The van der Waals surface area contributed by atoms with E-state index in [0.717, 1.165) is 31.6 Å². The maximum absolute atomic E-state index is 12.5. The summed E-state index contributed by atoms with van der Waals surface area (Å²) in [5, 5.41) is 0.600. The number of hydrogen-bond donors (Lipinski definition) is 0. The molecule has 1 aromatic rings. The van der Waals surface area contributed by atoms with Crippen LogP contribution in [0.25, 0.3) is 0 Å². The molecule has 1 fully saturated rings. The first-order valence-electron chi connectivity index (χ1n) is 8.37. The summed E-state index contributed by atoms with van der Waals surface area (Å²) in [6, 6.07) is 7.24. The van der Waals surface area contributed by atoms with Crippen molar-refractivity contribution in [3.8, 4) is 0 Å². The van der Waals surface area contributed by atoms with Crippen LogP contribution in [0.1, 0.15) is 32.6 Å². The van der Waals surface area contributed by atoms with Crippen LogP contribution in [0, 0.1) is 0 Å². The molecule has 0 aromatic heterocycles. The molecule has 0 bridgehead atoms. The molecule has 0 N–H and O–H groups in total. The summed E-state index contributed by atoms with van der Waals surface area (Å²) in [5.41, 5.74) is 0.783. The lowest BCUT2D eigenvalue weighted by Gasteiger charge is -2.39. The monoisotopic (exact) mass is 352 g/mol. The van der Waals surface area contributed by atoms with Gasteiger partial charge >= 0.3 is 0 Å². The Morgan fingerprint density at radius 1 is 1.33 bits per heavy atom. The summed E-state index contributed by atoms with van der Waals surface area (Å²) < 4.78 is 5.00. The number of benzene rings is 1. The molecule has 1 aromatic carbocycles. The number of rotatable bonds is 7. The number of halogens is 1. The fourth-order valence-electron chi connectivity index (χ4n) is 2.92. The number of unbranched alkanes of at least 4 members (excludes halogenated alkanes) is 2. The largest absolute Gasteiger partial charge is 0.385 e. The molecule has 0 saturated carbocycles. The molecule has 132 valence electrons. The van der Waals surface area contributed by atoms with Gasteiger partial charge in [0.05, 0.1) is 0 Å². The Morgan fingerprint density at radius 2 is 2.12 bits per heavy atom. The highest BCUT2D eigenvalue weighted by molar-refractivity contribution is 6.30. The molecule has 1 unspecified atom stereocenters. The number of hydrogen-bond acceptors (Lipinski definition) is 3. The highest BCUT2D eigenvalue weighted by atomic mass is 35.5. The van der Waals surface area contributed by atoms with E-state index >= 15 is 0 Å². The van der Waals surface area contributed by atoms with Gasteiger partial charge < -0.3 is 14.5 Å². The second-order valence-electron chi connectivity index (χ2n) is 6.16. The fourth-order valence-corrected chi connectivity index (χ4v) is 3.11. The van der Waals surface area contributed by atoms with Gasteiger partial charge in [-0.25, -0.2) is 0 Å². The molecule has 6 heteroatoms. The normalized spacial score (nSPS) is 18.1. The zero-order chi connectivity index (χ0) is 17.5. The van der Waals surface area contributed by atoms with E-state index < -0.39 is 0 Å².